The summed E-state index contributed by atoms with van der Waals surface area (Å²) in [7, 11) is 0. The van der Waals surface area contributed by atoms with Gasteiger partial charge in [-0.05, 0) is 44.4 Å². The highest BCUT2D eigenvalue weighted by Crippen LogP contribution is 2.26. The lowest BCUT2D eigenvalue weighted by Gasteiger charge is -2.32. The van der Waals surface area contributed by atoms with Crippen LogP contribution in [-0.2, 0) is 9.53 Å². The molecule has 1 saturated heterocycles. The van der Waals surface area contributed by atoms with Gasteiger partial charge in [-0.1, -0.05) is 33.1 Å². The Morgan fingerprint density at radius 3 is 2.55 bits per heavy atom. The standard InChI is InChI=1S/C17H31NO2/c1-13-7-6-9-15(3)18(11-13)17(19)12-20-16-10-5-4-8-14(16)2/h13-16H,4-12H2,1-3H3/t13-,14+,15+,16+/m1/s1. The third kappa shape index (κ3) is 4.21. The molecule has 0 N–H and O–H groups in total. The van der Waals surface area contributed by atoms with Crippen molar-refractivity contribution in [1.82, 2.24) is 4.90 Å². The zero-order valence-corrected chi connectivity index (χ0v) is 13.4. The molecule has 1 aliphatic heterocycles. The van der Waals surface area contributed by atoms with Gasteiger partial charge in [0.05, 0.1) is 6.10 Å². The quantitative estimate of drug-likeness (QED) is 0.790. The fourth-order valence-electron chi connectivity index (χ4n) is 3.66. The lowest BCUT2D eigenvalue weighted by atomic mass is 9.88. The first-order valence-corrected chi connectivity index (χ1v) is 8.49. The van der Waals surface area contributed by atoms with E-state index in [0.717, 1.165) is 19.4 Å². The topological polar surface area (TPSA) is 29.5 Å². The summed E-state index contributed by atoms with van der Waals surface area (Å²) in [6, 6.07) is 0.375. The molecule has 3 nitrogen and oxygen atoms in total. The molecule has 116 valence electrons. The van der Waals surface area contributed by atoms with Gasteiger partial charge in [0, 0.05) is 12.6 Å². The third-order valence-corrected chi connectivity index (χ3v) is 5.13. The molecular weight excluding hydrogens is 250 g/mol. The molecule has 2 aliphatic rings. The number of carbonyl (C=O) groups excluding carboxylic acids is 1. The number of ether oxygens (including phenoxy) is 1. The lowest BCUT2D eigenvalue weighted by Crippen LogP contribution is -2.43. The van der Waals surface area contributed by atoms with E-state index in [9.17, 15) is 4.79 Å². The summed E-state index contributed by atoms with van der Waals surface area (Å²) >= 11 is 0. The molecule has 1 saturated carbocycles. The van der Waals surface area contributed by atoms with Crippen LogP contribution >= 0.6 is 0 Å². The SMILES string of the molecule is C[C@@H]1CCC[C@H](C)N(C(=O)CO[C@H]2CCCC[C@@H]2C)C1. The van der Waals surface area contributed by atoms with E-state index < -0.39 is 0 Å². The van der Waals surface area contributed by atoms with Gasteiger partial charge >= 0.3 is 0 Å². The molecule has 2 rings (SSSR count). The highest BCUT2D eigenvalue weighted by atomic mass is 16.5. The Hall–Kier alpha value is -0.570. The summed E-state index contributed by atoms with van der Waals surface area (Å²) in [6.45, 7) is 7.88. The van der Waals surface area contributed by atoms with Crippen molar-refractivity contribution in [1.29, 1.82) is 0 Å². The van der Waals surface area contributed by atoms with Crippen LogP contribution in [0.15, 0.2) is 0 Å². The van der Waals surface area contributed by atoms with Crippen LogP contribution in [0.25, 0.3) is 0 Å². The average Bonchev–Trinajstić information content (AvgIpc) is 2.59. The van der Waals surface area contributed by atoms with E-state index in [1.165, 1.54) is 32.1 Å². The number of hydrogen-bond acceptors (Lipinski definition) is 2. The van der Waals surface area contributed by atoms with Crippen LogP contribution < -0.4 is 0 Å². The summed E-state index contributed by atoms with van der Waals surface area (Å²) in [5, 5.41) is 0. The fraction of sp³-hybridized carbons (Fsp3) is 0.941. The van der Waals surface area contributed by atoms with Gasteiger partial charge in [0.25, 0.3) is 0 Å². The van der Waals surface area contributed by atoms with Gasteiger partial charge in [-0.15, -0.1) is 0 Å². The Morgan fingerprint density at radius 1 is 1.05 bits per heavy atom. The molecule has 0 aromatic rings. The molecule has 3 heteroatoms. The Bertz CT molecular complexity index is 318. The van der Waals surface area contributed by atoms with Crippen molar-refractivity contribution in [3.8, 4) is 0 Å². The molecule has 0 aromatic carbocycles. The largest absolute Gasteiger partial charge is 0.368 e. The second-order valence-corrected chi connectivity index (χ2v) is 7.04. The van der Waals surface area contributed by atoms with Gasteiger partial charge in [-0.2, -0.15) is 0 Å². The monoisotopic (exact) mass is 281 g/mol. The second kappa shape index (κ2) is 7.44. The van der Waals surface area contributed by atoms with Crippen molar-refractivity contribution in [2.45, 2.75) is 77.9 Å². The molecule has 0 spiro atoms. The molecule has 1 amide bonds. The molecule has 1 aliphatic carbocycles. The van der Waals surface area contributed by atoms with Crippen LogP contribution in [0, 0.1) is 11.8 Å². The van der Waals surface area contributed by atoms with E-state index in [0.29, 0.717) is 24.0 Å². The summed E-state index contributed by atoms with van der Waals surface area (Å²) in [5.41, 5.74) is 0. The third-order valence-electron chi connectivity index (χ3n) is 5.13. The maximum atomic E-state index is 12.5. The van der Waals surface area contributed by atoms with E-state index in [2.05, 4.69) is 25.7 Å². The molecule has 0 bridgehead atoms. The number of amides is 1. The van der Waals surface area contributed by atoms with Crippen LogP contribution in [0.2, 0.25) is 0 Å². The lowest BCUT2D eigenvalue weighted by molar-refractivity contribution is -0.142. The summed E-state index contributed by atoms with van der Waals surface area (Å²) < 4.78 is 5.94. The molecular formula is C17H31NO2. The summed E-state index contributed by atoms with van der Waals surface area (Å²) in [4.78, 5) is 14.5. The number of nitrogens with zero attached hydrogens (tertiary/aromatic N) is 1. The number of hydrogen-bond donors (Lipinski definition) is 0. The highest BCUT2D eigenvalue weighted by molar-refractivity contribution is 5.77. The van der Waals surface area contributed by atoms with E-state index in [4.69, 9.17) is 4.74 Å². The van der Waals surface area contributed by atoms with Crippen molar-refractivity contribution in [2.24, 2.45) is 11.8 Å². The maximum absolute atomic E-state index is 12.5. The molecule has 0 radical (unpaired) electrons. The Kier molecular flexibility index (Phi) is 5.88. The van der Waals surface area contributed by atoms with Gasteiger partial charge in [0.1, 0.15) is 6.61 Å². The average molecular weight is 281 g/mol. The van der Waals surface area contributed by atoms with Crippen molar-refractivity contribution in [3.63, 3.8) is 0 Å². The van der Waals surface area contributed by atoms with Crippen LogP contribution in [-0.4, -0.2) is 36.1 Å². The zero-order chi connectivity index (χ0) is 14.5. The van der Waals surface area contributed by atoms with Crippen molar-refractivity contribution in [3.05, 3.63) is 0 Å². The molecule has 2 fully saturated rings. The van der Waals surface area contributed by atoms with Gasteiger partial charge < -0.3 is 9.64 Å². The van der Waals surface area contributed by atoms with Crippen LogP contribution in [0.3, 0.4) is 0 Å². The van der Waals surface area contributed by atoms with Crippen LogP contribution in [0.1, 0.15) is 65.7 Å². The Labute approximate surface area is 124 Å². The minimum Gasteiger partial charge on any atom is -0.368 e. The van der Waals surface area contributed by atoms with Gasteiger partial charge in [-0.3, -0.25) is 4.79 Å². The molecule has 20 heavy (non-hydrogen) atoms. The number of carbonyl (C=O) groups is 1. The maximum Gasteiger partial charge on any atom is 0.248 e. The Balaban J connectivity index is 1.83. The van der Waals surface area contributed by atoms with E-state index >= 15 is 0 Å². The zero-order valence-electron chi connectivity index (χ0n) is 13.4. The number of likely N-dealkylation sites (tertiary alicyclic amines) is 1. The summed E-state index contributed by atoms with van der Waals surface area (Å²) in [5.74, 6) is 1.43. The number of rotatable bonds is 3. The van der Waals surface area contributed by atoms with Crippen molar-refractivity contribution in [2.75, 3.05) is 13.2 Å². The van der Waals surface area contributed by atoms with Gasteiger partial charge in [0.15, 0.2) is 0 Å². The minimum atomic E-state index is 0.198. The van der Waals surface area contributed by atoms with Crippen LogP contribution in [0.4, 0.5) is 0 Å². The van der Waals surface area contributed by atoms with E-state index in [1.807, 2.05) is 0 Å². The predicted octanol–water partition coefficient (Wildman–Crippen LogP) is 3.62. The van der Waals surface area contributed by atoms with Crippen molar-refractivity contribution >= 4 is 5.91 Å². The first-order valence-electron chi connectivity index (χ1n) is 8.49. The predicted molar refractivity (Wildman–Crippen MR) is 81.6 cm³/mol. The van der Waals surface area contributed by atoms with E-state index in [-0.39, 0.29) is 12.5 Å². The van der Waals surface area contributed by atoms with E-state index in [1.54, 1.807) is 0 Å². The normalized spacial score (nSPS) is 35.6. The van der Waals surface area contributed by atoms with Crippen molar-refractivity contribution < 1.29 is 9.53 Å². The first kappa shape index (κ1) is 15.8. The van der Waals surface area contributed by atoms with Gasteiger partial charge in [-0.25, -0.2) is 0 Å². The smallest absolute Gasteiger partial charge is 0.248 e. The highest BCUT2D eigenvalue weighted by Gasteiger charge is 2.27. The Morgan fingerprint density at radius 2 is 1.80 bits per heavy atom. The molecule has 1 heterocycles. The van der Waals surface area contributed by atoms with Crippen LogP contribution in [0.5, 0.6) is 0 Å². The molecule has 0 unspecified atom stereocenters. The molecule has 0 aromatic heterocycles. The summed E-state index contributed by atoms with van der Waals surface area (Å²) in [6.07, 6.45) is 8.86. The minimum absolute atomic E-state index is 0.198. The fourth-order valence-corrected chi connectivity index (χ4v) is 3.66. The molecule has 4 atom stereocenters. The van der Waals surface area contributed by atoms with Gasteiger partial charge in [0.2, 0.25) is 5.91 Å². The second-order valence-electron chi connectivity index (χ2n) is 7.04. The first-order chi connectivity index (χ1) is 9.58.